The summed E-state index contributed by atoms with van der Waals surface area (Å²) >= 11 is 0. The number of rotatable bonds is 3. The van der Waals surface area contributed by atoms with Gasteiger partial charge >= 0.3 is 0 Å². The molecular formula is C12H25N. The van der Waals surface area contributed by atoms with E-state index in [1.54, 1.807) is 0 Å². The molecule has 0 aromatic heterocycles. The topological polar surface area (TPSA) is 12.0 Å². The highest BCUT2D eigenvalue weighted by atomic mass is 15.0. The lowest BCUT2D eigenvalue weighted by molar-refractivity contribution is 0.155. The zero-order valence-corrected chi connectivity index (χ0v) is 9.74. The highest BCUT2D eigenvalue weighted by molar-refractivity contribution is 4.95. The smallest absolute Gasteiger partial charge is 0.0158 e. The van der Waals surface area contributed by atoms with E-state index in [0.29, 0.717) is 11.1 Å². The van der Waals surface area contributed by atoms with Gasteiger partial charge in [0, 0.05) is 11.1 Å². The van der Waals surface area contributed by atoms with Crippen LogP contribution in [0.25, 0.3) is 0 Å². The first-order valence-corrected chi connectivity index (χ1v) is 5.77. The van der Waals surface area contributed by atoms with E-state index in [9.17, 15) is 0 Å². The first kappa shape index (κ1) is 11.0. The minimum absolute atomic E-state index is 0.362. The predicted octanol–water partition coefficient (Wildman–Crippen LogP) is 3.49. The fraction of sp³-hybridized carbons (Fsp3) is 1.00. The number of piperidine rings is 1. The van der Waals surface area contributed by atoms with Crippen molar-refractivity contribution in [2.75, 3.05) is 0 Å². The van der Waals surface area contributed by atoms with E-state index in [-0.39, 0.29) is 0 Å². The monoisotopic (exact) mass is 183 g/mol. The molecule has 0 spiro atoms. The van der Waals surface area contributed by atoms with Crippen molar-refractivity contribution in [3.05, 3.63) is 0 Å². The van der Waals surface area contributed by atoms with Crippen LogP contribution in [0.3, 0.4) is 0 Å². The van der Waals surface area contributed by atoms with Crippen molar-refractivity contribution in [1.82, 2.24) is 5.32 Å². The van der Waals surface area contributed by atoms with E-state index < -0.39 is 0 Å². The van der Waals surface area contributed by atoms with Gasteiger partial charge in [0.25, 0.3) is 0 Å². The third kappa shape index (κ3) is 3.30. The summed E-state index contributed by atoms with van der Waals surface area (Å²) in [4.78, 5) is 0. The van der Waals surface area contributed by atoms with E-state index >= 15 is 0 Å². The maximum atomic E-state index is 3.80. The Labute approximate surface area is 83.3 Å². The van der Waals surface area contributed by atoms with Crippen molar-refractivity contribution in [3.63, 3.8) is 0 Å². The fourth-order valence-corrected chi connectivity index (χ4v) is 2.62. The highest BCUT2D eigenvalue weighted by Crippen LogP contribution is 2.31. The van der Waals surface area contributed by atoms with Crippen LogP contribution in [0.2, 0.25) is 0 Å². The normalized spacial score (nSPS) is 33.2. The lowest BCUT2D eigenvalue weighted by Gasteiger charge is -2.45. The molecule has 13 heavy (non-hydrogen) atoms. The molecule has 1 N–H and O–H groups in total. The lowest BCUT2D eigenvalue weighted by Crippen LogP contribution is -2.56. The molecule has 1 unspecified atom stereocenters. The van der Waals surface area contributed by atoms with E-state index in [4.69, 9.17) is 0 Å². The van der Waals surface area contributed by atoms with Crippen molar-refractivity contribution in [1.29, 1.82) is 0 Å². The van der Waals surface area contributed by atoms with Crippen LogP contribution in [0.15, 0.2) is 0 Å². The van der Waals surface area contributed by atoms with Gasteiger partial charge in [-0.1, -0.05) is 19.8 Å². The highest BCUT2D eigenvalue weighted by Gasteiger charge is 2.34. The molecule has 0 aromatic carbocycles. The summed E-state index contributed by atoms with van der Waals surface area (Å²) in [5.41, 5.74) is 0.776. The molecule has 1 aliphatic rings. The first-order chi connectivity index (χ1) is 5.97. The number of nitrogens with one attached hydrogen (secondary N) is 1. The van der Waals surface area contributed by atoms with E-state index in [2.05, 4.69) is 33.0 Å². The largest absolute Gasteiger partial charge is 0.307 e. The summed E-state index contributed by atoms with van der Waals surface area (Å²) in [5, 5.41) is 3.80. The summed E-state index contributed by atoms with van der Waals surface area (Å²) < 4.78 is 0. The Hall–Kier alpha value is -0.0400. The Morgan fingerprint density at radius 1 is 1.15 bits per heavy atom. The predicted molar refractivity (Wildman–Crippen MR) is 59.0 cm³/mol. The fourth-order valence-electron chi connectivity index (χ4n) is 2.62. The quantitative estimate of drug-likeness (QED) is 0.706. The van der Waals surface area contributed by atoms with Gasteiger partial charge in [-0.15, -0.1) is 0 Å². The molecule has 1 fully saturated rings. The molecule has 0 aromatic rings. The molecule has 0 bridgehead atoms. The second-order valence-electron chi connectivity index (χ2n) is 5.53. The van der Waals surface area contributed by atoms with Gasteiger partial charge in [0.05, 0.1) is 0 Å². The molecule has 0 saturated carbocycles. The van der Waals surface area contributed by atoms with Crippen molar-refractivity contribution < 1.29 is 0 Å². The Bertz CT molecular complexity index is 163. The van der Waals surface area contributed by atoms with Gasteiger partial charge in [-0.3, -0.25) is 0 Å². The van der Waals surface area contributed by atoms with Crippen molar-refractivity contribution in [2.24, 2.45) is 0 Å². The molecule has 78 valence electrons. The molecule has 0 amide bonds. The zero-order valence-electron chi connectivity index (χ0n) is 9.74. The second-order valence-corrected chi connectivity index (χ2v) is 5.53. The summed E-state index contributed by atoms with van der Waals surface area (Å²) in [6.45, 7) is 9.33. The minimum atomic E-state index is 0.362. The van der Waals surface area contributed by atoms with Gasteiger partial charge in [0.15, 0.2) is 0 Å². The third-order valence-corrected chi connectivity index (χ3v) is 3.25. The Balaban J connectivity index is 2.47. The van der Waals surface area contributed by atoms with Crippen LogP contribution >= 0.6 is 0 Å². The Morgan fingerprint density at radius 2 is 1.85 bits per heavy atom. The number of hydrogen-bond acceptors (Lipinski definition) is 1. The molecule has 1 heterocycles. The van der Waals surface area contributed by atoms with Crippen LogP contribution in [-0.4, -0.2) is 11.1 Å². The lowest BCUT2D eigenvalue weighted by atomic mass is 9.79. The van der Waals surface area contributed by atoms with Gasteiger partial charge in [-0.2, -0.15) is 0 Å². The van der Waals surface area contributed by atoms with E-state index in [0.717, 1.165) is 0 Å². The van der Waals surface area contributed by atoms with Gasteiger partial charge in [-0.25, -0.2) is 0 Å². The van der Waals surface area contributed by atoms with Crippen LogP contribution in [-0.2, 0) is 0 Å². The molecule has 1 aliphatic heterocycles. The van der Waals surface area contributed by atoms with Gasteiger partial charge < -0.3 is 5.32 Å². The summed E-state index contributed by atoms with van der Waals surface area (Å²) in [6, 6.07) is 0. The number of hydrogen-bond donors (Lipinski definition) is 1. The van der Waals surface area contributed by atoms with Gasteiger partial charge in [0.2, 0.25) is 0 Å². The molecular weight excluding hydrogens is 158 g/mol. The third-order valence-electron chi connectivity index (χ3n) is 3.25. The van der Waals surface area contributed by atoms with Crippen LogP contribution < -0.4 is 5.32 Å². The number of unbranched alkanes of at least 4 members (excludes halogenated alkanes) is 1. The maximum Gasteiger partial charge on any atom is 0.0158 e. The van der Waals surface area contributed by atoms with Crippen LogP contribution in [0.1, 0.15) is 66.2 Å². The van der Waals surface area contributed by atoms with Crippen LogP contribution in [0.4, 0.5) is 0 Å². The summed E-state index contributed by atoms with van der Waals surface area (Å²) in [6.07, 6.45) is 8.09. The molecule has 1 atom stereocenters. The minimum Gasteiger partial charge on any atom is -0.307 e. The van der Waals surface area contributed by atoms with Crippen molar-refractivity contribution in [2.45, 2.75) is 77.3 Å². The zero-order chi connectivity index (χ0) is 9.95. The summed E-state index contributed by atoms with van der Waals surface area (Å²) in [5.74, 6) is 0. The molecule has 1 saturated heterocycles. The van der Waals surface area contributed by atoms with E-state index in [1.807, 2.05) is 0 Å². The first-order valence-electron chi connectivity index (χ1n) is 5.77. The average Bonchev–Trinajstić information content (AvgIpc) is 1.98. The van der Waals surface area contributed by atoms with Crippen LogP contribution in [0, 0.1) is 0 Å². The average molecular weight is 183 g/mol. The van der Waals surface area contributed by atoms with Crippen LogP contribution in [0.5, 0.6) is 0 Å². The van der Waals surface area contributed by atoms with E-state index in [1.165, 1.54) is 38.5 Å². The van der Waals surface area contributed by atoms with Gasteiger partial charge in [-0.05, 0) is 46.5 Å². The van der Waals surface area contributed by atoms with Gasteiger partial charge in [0.1, 0.15) is 0 Å². The maximum absolute atomic E-state index is 3.80. The molecule has 1 heteroatoms. The van der Waals surface area contributed by atoms with Crippen molar-refractivity contribution in [3.8, 4) is 0 Å². The Kier molecular flexibility index (Phi) is 3.39. The standard InChI is InChI=1S/C12H25N/c1-5-6-9-12(4)10-7-8-11(2,3)13-12/h13H,5-10H2,1-4H3. The SMILES string of the molecule is CCCCC1(C)CCCC(C)(C)N1. The Morgan fingerprint density at radius 3 is 2.38 bits per heavy atom. The van der Waals surface area contributed by atoms with Crippen molar-refractivity contribution >= 4 is 0 Å². The summed E-state index contributed by atoms with van der Waals surface area (Å²) in [7, 11) is 0. The second kappa shape index (κ2) is 4.00. The molecule has 0 radical (unpaired) electrons. The molecule has 0 aliphatic carbocycles. The molecule has 1 rings (SSSR count). The molecule has 1 nitrogen and oxygen atoms in total.